The molecule has 0 aliphatic carbocycles. The summed E-state index contributed by atoms with van der Waals surface area (Å²) in [5, 5.41) is 2.99. The molecule has 0 fully saturated rings. The van der Waals surface area contributed by atoms with E-state index in [-0.39, 0.29) is 12.6 Å². The molecule has 2 aromatic carbocycles. The first-order valence-electron chi connectivity index (χ1n) is 10.5. The molecule has 0 unspecified atom stereocenters. The van der Waals surface area contributed by atoms with Gasteiger partial charge in [0.1, 0.15) is 25.5 Å². The normalized spacial score (nSPS) is 14.0. The van der Waals surface area contributed by atoms with Gasteiger partial charge >= 0.3 is 0 Å². The highest BCUT2D eigenvalue weighted by Gasteiger charge is 2.25. The van der Waals surface area contributed by atoms with Crippen molar-refractivity contribution < 1.29 is 27.4 Å². The van der Waals surface area contributed by atoms with Crippen LogP contribution in [0.2, 0.25) is 0 Å². The standard InChI is InChI=1S/C23H30N2O6S/c1-16(2)13-20(17-5-8-19(29-3)9-6-17)24-23(26)15-25(32(4,27)28)18-7-10-21-22(14-18)31-12-11-30-21/h5-10,14,16,20H,11-13,15H2,1-4H3,(H,24,26)/t20-/m1/s1. The highest BCUT2D eigenvalue weighted by atomic mass is 32.2. The third-order valence-electron chi connectivity index (χ3n) is 5.06. The Bertz CT molecular complexity index is 1040. The van der Waals surface area contributed by atoms with Crippen molar-refractivity contribution in [2.75, 3.05) is 37.4 Å². The Kier molecular flexibility index (Phi) is 7.50. The van der Waals surface area contributed by atoms with E-state index >= 15 is 0 Å². The minimum absolute atomic E-state index is 0.255. The maximum atomic E-state index is 13.0. The van der Waals surface area contributed by atoms with E-state index in [1.54, 1.807) is 25.3 Å². The van der Waals surface area contributed by atoms with Gasteiger partial charge in [0, 0.05) is 6.07 Å². The molecule has 9 heteroatoms. The molecule has 1 aliphatic heterocycles. The molecule has 0 spiro atoms. The molecular weight excluding hydrogens is 432 g/mol. The lowest BCUT2D eigenvalue weighted by Gasteiger charge is -2.26. The number of ether oxygens (including phenoxy) is 3. The fraction of sp³-hybridized carbons (Fsp3) is 0.435. The van der Waals surface area contributed by atoms with Crippen LogP contribution in [0.15, 0.2) is 42.5 Å². The summed E-state index contributed by atoms with van der Waals surface area (Å²) in [6.45, 7) is 4.62. The number of nitrogens with one attached hydrogen (secondary N) is 1. The molecular formula is C23H30N2O6S. The fourth-order valence-electron chi connectivity index (χ4n) is 3.54. The van der Waals surface area contributed by atoms with Gasteiger partial charge in [0.15, 0.2) is 11.5 Å². The van der Waals surface area contributed by atoms with Crippen LogP contribution in [-0.2, 0) is 14.8 Å². The molecule has 1 N–H and O–H groups in total. The molecule has 174 valence electrons. The van der Waals surface area contributed by atoms with E-state index in [1.807, 2.05) is 24.3 Å². The van der Waals surface area contributed by atoms with Crippen LogP contribution in [0, 0.1) is 5.92 Å². The van der Waals surface area contributed by atoms with E-state index in [0.29, 0.717) is 42.7 Å². The second kappa shape index (κ2) is 10.1. The van der Waals surface area contributed by atoms with Gasteiger partial charge in [-0.3, -0.25) is 9.10 Å². The average Bonchev–Trinajstić information content (AvgIpc) is 2.75. The molecule has 0 bridgehead atoms. The molecule has 3 rings (SSSR count). The first-order chi connectivity index (χ1) is 15.2. The first-order valence-corrected chi connectivity index (χ1v) is 12.3. The summed E-state index contributed by atoms with van der Waals surface area (Å²) in [5.41, 5.74) is 1.27. The lowest BCUT2D eigenvalue weighted by molar-refractivity contribution is -0.120. The molecule has 0 aromatic heterocycles. The summed E-state index contributed by atoms with van der Waals surface area (Å²) in [6, 6.07) is 12.1. The van der Waals surface area contributed by atoms with Crippen LogP contribution >= 0.6 is 0 Å². The van der Waals surface area contributed by atoms with Crippen molar-refractivity contribution in [3.05, 3.63) is 48.0 Å². The fourth-order valence-corrected chi connectivity index (χ4v) is 4.39. The van der Waals surface area contributed by atoms with Gasteiger partial charge in [0.25, 0.3) is 0 Å². The average molecular weight is 463 g/mol. The van der Waals surface area contributed by atoms with E-state index in [9.17, 15) is 13.2 Å². The van der Waals surface area contributed by atoms with Crippen LogP contribution in [0.4, 0.5) is 5.69 Å². The molecule has 0 saturated heterocycles. The molecule has 32 heavy (non-hydrogen) atoms. The minimum Gasteiger partial charge on any atom is -0.497 e. The van der Waals surface area contributed by atoms with Gasteiger partial charge in [-0.2, -0.15) is 0 Å². The summed E-state index contributed by atoms with van der Waals surface area (Å²) in [6.07, 6.45) is 1.78. The Morgan fingerprint density at radius 2 is 1.75 bits per heavy atom. The van der Waals surface area contributed by atoms with Gasteiger partial charge in [-0.25, -0.2) is 8.42 Å². The zero-order chi connectivity index (χ0) is 23.3. The quantitative estimate of drug-likeness (QED) is 0.615. The van der Waals surface area contributed by atoms with Gasteiger partial charge in [0.2, 0.25) is 15.9 Å². The number of benzene rings is 2. The van der Waals surface area contributed by atoms with Gasteiger partial charge in [-0.15, -0.1) is 0 Å². The lowest BCUT2D eigenvalue weighted by atomic mass is 9.97. The van der Waals surface area contributed by atoms with E-state index in [4.69, 9.17) is 14.2 Å². The zero-order valence-corrected chi connectivity index (χ0v) is 19.6. The Morgan fingerprint density at radius 3 is 2.34 bits per heavy atom. The number of methoxy groups -OCH3 is 1. The van der Waals surface area contributed by atoms with Crippen molar-refractivity contribution in [1.29, 1.82) is 0 Å². The largest absolute Gasteiger partial charge is 0.497 e. The number of fused-ring (bicyclic) bond motifs is 1. The molecule has 1 heterocycles. The van der Waals surface area contributed by atoms with Gasteiger partial charge in [-0.05, 0) is 42.2 Å². The van der Waals surface area contributed by atoms with Crippen molar-refractivity contribution in [2.45, 2.75) is 26.3 Å². The van der Waals surface area contributed by atoms with Gasteiger partial charge in [0.05, 0.1) is 25.1 Å². The van der Waals surface area contributed by atoms with Crippen LogP contribution in [-0.4, -0.2) is 47.4 Å². The number of nitrogens with zero attached hydrogens (tertiary/aromatic N) is 1. The first kappa shape index (κ1) is 23.7. The molecule has 1 aliphatic rings. The monoisotopic (exact) mass is 462 g/mol. The Balaban J connectivity index is 1.80. The molecule has 1 amide bonds. The number of rotatable bonds is 9. The number of anilines is 1. The summed E-state index contributed by atoms with van der Waals surface area (Å²) in [4.78, 5) is 13.0. The number of carbonyl (C=O) groups excluding carboxylic acids is 1. The Hall–Kier alpha value is -2.94. The van der Waals surface area contributed by atoms with Crippen LogP contribution < -0.4 is 23.8 Å². The number of amides is 1. The summed E-state index contributed by atoms with van der Waals surface area (Å²) in [7, 11) is -2.12. The number of hydrogen-bond acceptors (Lipinski definition) is 6. The molecule has 1 atom stereocenters. The zero-order valence-electron chi connectivity index (χ0n) is 18.8. The second-order valence-corrected chi connectivity index (χ2v) is 10.0. The van der Waals surface area contributed by atoms with Crippen molar-refractivity contribution in [3.8, 4) is 17.2 Å². The van der Waals surface area contributed by atoms with E-state index in [0.717, 1.165) is 21.9 Å². The van der Waals surface area contributed by atoms with E-state index in [1.165, 1.54) is 0 Å². The third kappa shape index (κ3) is 6.06. The van der Waals surface area contributed by atoms with Gasteiger partial charge < -0.3 is 19.5 Å². The number of hydrogen-bond donors (Lipinski definition) is 1. The summed E-state index contributed by atoms with van der Waals surface area (Å²) >= 11 is 0. The maximum absolute atomic E-state index is 13.0. The van der Waals surface area contributed by atoms with Crippen molar-refractivity contribution in [1.82, 2.24) is 5.32 Å². The Labute approximate surface area is 189 Å². The SMILES string of the molecule is COc1ccc([C@@H](CC(C)C)NC(=O)CN(c2ccc3c(c2)OCCO3)S(C)(=O)=O)cc1. The smallest absolute Gasteiger partial charge is 0.241 e. The van der Waals surface area contributed by atoms with E-state index < -0.39 is 15.9 Å². The Morgan fingerprint density at radius 1 is 1.09 bits per heavy atom. The van der Waals surface area contributed by atoms with Crippen LogP contribution in [0.25, 0.3) is 0 Å². The number of carbonyl (C=O) groups is 1. The second-order valence-electron chi connectivity index (χ2n) is 8.12. The van der Waals surface area contributed by atoms with Gasteiger partial charge in [-0.1, -0.05) is 26.0 Å². The van der Waals surface area contributed by atoms with Crippen molar-refractivity contribution >= 4 is 21.6 Å². The van der Waals surface area contributed by atoms with Crippen LogP contribution in [0.1, 0.15) is 31.9 Å². The third-order valence-corrected chi connectivity index (χ3v) is 6.20. The highest BCUT2D eigenvalue weighted by molar-refractivity contribution is 7.92. The number of sulfonamides is 1. The molecule has 2 aromatic rings. The van der Waals surface area contributed by atoms with Crippen molar-refractivity contribution in [3.63, 3.8) is 0 Å². The highest BCUT2D eigenvalue weighted by Crippen LogP contribution is 2.34. The summed E-state index contributed by atoms with van der Waals surface area (Å²) < 4.78 is 42.3. The minimum atomic E-state index is -3.71. The van der Waals surface area contributed by atoms with Crippen LogP contribution in [0.5, 0.6) is 17.2 Å². The molecule has 8 nitrogen and oxygen atoms in total. The predicted octanol–water partition coefficient (Wildman–Crippen LogP) is 3.14. The maximum Gasteiger partial charge on any atom is 0.241 e. The molecule has 0 saturated carbocycles. The van der Waals surface area contributed by atoms with E-state index in [2.05, 4.69) is 19.2 Å². The van der Waals surface area contributed by atoms with Crippen molar-refractivity contribution in [2.24, 2.45) is 5.92 Å². The molecule has 0 radical (unpaired) electrons. The lowest BCUT2D eigenvalue weighted by Crippen LogP contribution is -2.41. The summed E-state index contributed by atoms with van der Waals surface area (Å²) in [5.74, 6) is 1.66. The van der Waals surface area contributed by atoms with Crippen LogP contribution in [0.3, 0.4) is 0 Å². The predicted molar refractivity (Wildman–Crippen MR) is 123 cm³/mol. The topological polar surface area (TPSA) is 94.2 Å².